The number of methoxy groups -OCH3 is 1. The van der Waals surface area contributed by atoms with Gasteiger partial charge in [-0.1, -0.05) is 0 Å². The van der Waals surface area contributed by atoms with Crippen LogP contribution in [0.3, 0.4) is 0 Å². The van der Waals surface area contributed by atoms with Crippen LogP contribution in [0.2, 0.25) is 0 Å². The van der Waals surface area contributed by atoms with Gasteiger partial charge in [-0.3, -0.25) is 9.78 Å². The summed E-state index contributed by atoms with van der Waals surface area (Å²) >= 11 is 0. The third-order valence-electron chi connectivity index (χ3n) is 5.15. The van der Waals surface area contributed by atoms with Crippen LogP contribution in [-0.2, 0) is 24.2 Å². The third kappa shape index (κ3) is 6.22. The van der Waals surface area contributed by atoms with Crippen molar-refractivity contribution in [2.24, 2.45) is 5.73 Å². The number of carboxylic acids is 1. The largest absolute Gasteiger partial charge is 0.497 e. The highest BCUT2D eigenvalue weighted by Crippen LogP contribution is 2.22. The number of benzene rings is 1. The Morgan fingerprint density at radius 2 is 2.06 bits per heavy atom. The van der Waals surface area contributed by atoms with Crippen molar-refractivity contribution in [1.29, 1.82) is 0 Å². The summed E-state index contributed by atoms with van der Waals surface area (Å²) in [6, 6.07) is 9.86. The Bertz CT molecular complexity index is 1210. The van der Waals surface area contributed by atoms with Crippen molar-refractivity contribution in [3.8, 4) is 5.75 Å². The third-order valence-corrected chi connectivity index (χ3v) is 5.15. The van der Waals surface area contributed by atoms with Gasteiger partial charge in [-0.2, -0.15) is 13.2 Å². The molecular formula is C22H23F3N4O4. The van der Waals surface area contributed by atoms with E-state index >= 15 is 0 Å². The molecule has 3 aromatic rings. The van der Waals surface area contributed by atoms with Gasteiger partial charge in [-0.15, -0.1) is 0 Å². The molecule has 1 aliphatic carbocycles. The van der Waals surface area contributed by atoms with E-state index in [2.05, 4.69) is 21.4 Å². The van der Waals surface area contributed by atoms with Crippen molar-refractivity contribution in [2.45, 2.75) is 38.0 Å². The maximum atomic E-state index is 12.4. The highest BCUT2D eigenvalue weighted by molar-refractivity contribution is 5.80. The monoisotopic (exact) mass is 464 g/mol. The van der Waals surface area contributed by atoms with Gasteiger partial charge in [0.2, 0.25) is 0 Å². The fraction of sp³-hybridized carbons (Fsp3) is 0.318. The fourth-order valence-corrected chi connectivity index (χ4v) is 3.42. The summed E-state index contributed by atoms with van der Waals surface area (Å²) in [7, 11) is 1.61. The van der Waals surface area contributed by atoms with Crippen molar-refractivity contribution in [1.82, 2.24) is 9.97 Å². The van der Waals surface area contributed by atoms with Crippen LogP contribution in [-0.4, -0.2) is 40.4 Å². The molecule has 0 saturated heterocycles. The number of aryl methyl sites for hydroxylation is 1. The molecule has 176 valence electrons. The van der Waals surface area contributed by atoms with Crippen LogP contribution in [0.5, 0.6) is 5.75 Å². The molecule has 1 aliphatic rings. The Labute approximate surface area is 186 Å². The van der Waals surface area contributed by atoms with E-state index in [4.69, 9.17) is 20.4 Å². The number of aromatic amines is 1. The first kappa shape index (κ1) is 24.1. The first-order valence-electron chi connectivity index (χ1n) is 10.0. The van der Waals surface area contributed by atoms with E-state index < -0.39 is 12.1 Å². The average molecular weight is 464 g/mol. The zero-order valence-electron chi connectivity index (χ0n) is 17.7. The number of aromatic nitrogens is 2. The lowest BCUT2D eigenvalue weighted by Gasteiger charge is -2.21. The summed E-state index contributed by atoms with van der Waals surface area (Å²) in [5.74, 6) is -2.04. The van der Waals surface area contributed by atoms with Gasteiger partial charge in [0.1, 0.15) is 5.75 Å². The molecule has 1 unspecified atom stereocenters. The molecule has 0 saturated carbocycles. The highest BCUT2D eigenvalue weighted by Gasteiger charge is 2.38. The average Bonchev–Trinajstić information content (AvgIpc) is 2.76. The second-order valence-corrected chi connectivity index (χ2v) is 7.57. The number of pyridine rings is 2. The van der Waals surface area contributed by atoms with Crippen LogP contribution in [0.25, 0.3) is 10.9 Å². The van der Waals surface area contributed by atoms with E-state index in [0.717, 1.165) is 47.3 Å². The molecule has 11 heteroatoms. The molecule has 0 amide bonds. The molecule has 8 nitrogen and oxygen atoms in total. The molecule has 2 heterocycles. The zero-order chi connectivity index (χ0) is 24.2. The normalized spacial score (nSPS) is 15.2. The highest BCUT2D eigenvalue weighted by atomic mass is 19.4. The molecule has 0 aliphatic heterocycles. The number of carboxylic acid groups (broad SMARTS) is 1. The molecule has 0 spiro atoms. The Morgan fingerprint density at radius 1 is 1.33 bits per heavy atom. The number of nitrogens with two attached hydrogens (primary N) is 1. The van der Waals surface area contributed by atoms with Gasteiger partial charge < -0.3 is 25.9 Å². The lowest BCUT2D eigenvalue weighted by atomic mass is 9.92. The number of nitrogens with zero attached hydrogens (tertiary/aromatic N) is 1. The quantitative estimate of drug-likeness (QED) is 0.467. The zero-order valence-corrected chi connectivity index (χ0v) is 17.7. The van der Waals surface area contributed by atoms with Gasteiger partial charge in [0.05, 0.1) is 24.5 Å². The minimum atomic E-state index is -5.08. The van der Waals surface area contributed by atoms with Gasteiger partial charge in [0.15, 0.2) is 0 Å². The number of ether oxygens (including phenoxy) is 1. The number of H-pyrrole nitrogens is 1. The lowest BCUT2D eigenvalue weighted by Crippen LogP contribution is -2.28. The second-order valence-electron chi connectivity index (χ2n) is 7.57. The summed E-state index contributed by atoms with van der Waals surface area (Å²) in [5.41, 5.74) is 10.6. The lowest BCUT2D eigenvalue weighted by molar-refractivity contribution is -0.192. The molecule has 0 fully saturated rings. The Balaban J connectivity index is 0.000000383. The van der Waals surface area contributed by atoms with Crippen molar-refractivity contribution >= 4 is 22.6 Å². The number of fused-ring (bicyclic) bond motifs is 2. The number of alkyl halides is 3. The molecular weight excluding hydrogens is 441 g/mol. The molecule has 4 rings (SSSR count). The first-order chi connectivity index (χ1) is 15.6. The van der Waals surface area contributed by atoms with Crippen LogP contribution >= 0.6 is 0 Å². The van der Waals surface area contributed by atoms with Crippen LogP contribution in [0, 0.1) is 0 Å². The summed E-state index contributed by atoms with van der Waals surface area (Å²) in [4.78, 5) is 28.7. The van der Waals surface area contributed by atoms with Crippen LogP contribution in [0.15, 0.2) is 41.3 Å². The molecule has 33 heavy (non-hydrogen) atoms. The fourth-order valence-electron chi connectivity index (χ4n) is 3.42. The minimum absolute atomic E-state index is 0.105. The number of hydrogen-bond acceptors (Lipinski definition) is 6. The number of hydrogen-bond donors (Lipinski definition) is 4. The summed E-state index contributed by atoms with van der Waals surface area (Å²) < 4.78 is 36.9. The first-order valence-corrected chi connectivity index (χ1v) is 10.0. The van der Waals surface area contributed by atoms with Gasteiger partial charge >= 0.3 is 12.1 Å². The number of carbonyl (C=O) groups is 1. The van der Waals surface area contributed by atoms with Gasteiger partial charge in [0, 0.05) is 29.9 Å². The van der Waals surface area contributed by atoms with E-state index in [1.165, 1.54) is 5.56 Å². The molecule has 0 bridgehead atoms. The topological polar surface area (TPSA) is 130 Å². The predicted molar refractivity (Wildman–Crippen MR) is 116 cm³/mol. The van der Waals surface area contributed by atoms with E-state index in [1.54, 1.807) is 7.11 Å². The van der Waals surface area contributed by atoms with Crippen LogP contribution in [0.1, 0.15) is 23.2 Å². The van der Waals surface area contributed by atoms with Crippen molar-refractivity contribution in [2.75, 3.05) is 12.4 Å². The summed E-state index contributed by atoms with van der Waals surface area (Å²) in [6.45, 7) is 0.434. The van der Waals surface area contributed by atoms with Crippen molar-refractivity contribution < 1.29 is 27.8 Å². The van der Waals surface area contributed by atoms with E-state index in [0.29, 0.717) is 12.1 Å². The smallest absolute Gasteiger partial charge is 0.490 e. The van der Waals surface area contributed by atoms with Gasteiger partial charge in [-0.05, 0) is 54.5 Å². The van der Waals surface area contributed by atoms with Crippen molar-refractivity contribution in [3.63, 3.8) is 0 Å². The van der Waals surface area contributed by atoms with Crippen molar-refractivity contribution in [3.05, 3.63) is 63.7 Å². The Kier molecular flexibility index (Phi) is 7.22. The summed E-state index contributed by atoms with van der Waals surface area (Å²) in [5, 5.41) is 11.4. The Morgan fingerprint density at radius 3 is 2.73 bits per heavy atom. The number of anilines is 1. The number of halogens is 3. The molecule has 2 aromatic heterocycles. The molecule has 5 N–H and O–H groups in total. The van der Waals surface area contributed by atoms with E-state index in [1.807, 2.05) is 30.5 Å². The van der Waals surface area contributed by atoms with Gasteiger partial charge in [-0.25, -0.2) is 4.79 Å². The minimum Gasteiger partial charge on any atom is -0.497 e. The number of rotatable bonds is 4. The number of nitrogens with one attached hydrogen (secondary N) is 2. The predicted octanol–water partition coefficient (Wildman–Crippen LogP) is 2.99. The van der Waals surface area contributed by atoms with E-state index in [9.17, 15) is 18.0 Å². The van der Waals surface area contributed by atoms with E-state index in [-0.39, 0.29) is 11.6 Å². The Hall–Kier alpha value is -3.60. The van der Waals surface area contributed by atoms with Crippen LogP contribution < -0.4 is 21.3 Å². The maximum absolute atomic E-state index is 12.4. The molecule has 0 radical (unpaired) electrons. The van der Waals surface area contributed by atoms with Gasteiger partial charge in [0.25, 0.3) is 5.56 Å². The summed E-state index contributed by atoms with van der Waals surface area (Å²) in [6.07, 6.45) is -0.472. The standard InChI is InChI=1S/C20H22N4O2.C2HF3O2/c1-26-17-4-2-12-6-14(20(25)24-19(12)9-17)10-22-16-8-13-7-15(21)3-5-18(13)23-11-16;3-2(4,5)1(6)7/h2,4,6,8-9,11,15,22H,3,5,7,10,21H2,1H3,(H,24,25);(H,6,7). The number of aliphatic carboxylic acids is 1. The second kappa shape index (κ2) is 9.90. The molecule has 1 atom stereocenters. The SMILES string of the molecule is COc1ccc2cc(CNc3cnc4c(c3)CC(N)CC4)c(=O)[nH]c2c1.O=C(O)C(F)(F)F. The maximum Gasteiger partial charge on any atom is 0.490 e. The molecule has 1 aromatic carbocycles. The van der Waals surface area contributed by atoms with Crippen LogP contribution in [0.4, 0.5) is 18.9 Å².